The predicted octanol–water partition coefficient (Wildman–Crippen LogP) is 3.48. The first-order valence-corrected chi connectivity index (χ1v) is 26.2. The maximum absolute atomic E-state index is 12.8. The molecule has 0 aliphatic carbocycles. The molecule has 2 aliphatic rings. The van der Waals surface area contributed by atoms with Gasteiger partial charge in [0.15, 0.2) is 0 Å². The molecule has 2 aliphatic heterocycles. The molecule has 26 nitrogen and oxygen atoms in total. The molecule has 4 aromatic carbocycles. The summed E-state index contributed by atoms with van der Waals surface area (Å²) in [6.07, 6.45) is 2.42. The number of rotatable bonds is 16. The molecule has 6 aromatic rings. The first-order chi connectivity index (χ1) is 33.1. The van der Waals surface area contributed by atoms with Crippen LogP contribution in [0.15, 0.2) is 105 Å². The molecule has 0 unspecified atom stereocenters. The summed E-state index contributed by atoms with van der Waals surface area (Å²) in [5.41, 5.74) is 0.688. The van der Waals surface area contributed by atoms with Crippen molar-refractivity contribution < 1.29 is 61.4 Å². The molecule has 8 rings (SSSR count). The minimum atomic E-state index is -4.95. The van der Waals surface area contributed by atoms with E-state index in [9.17, 15) is 51.9 Å². The topological polar surface area (TPSA) is 368 Å². The standard InChI is InChI=1S/C40H40N12O14S4.Na/c53-67(54,55)31-11-7-27(8-12-31)41-35-45-37(49-39(47-35)51-15-19-65-20-16-51)43-29-5-3-25(33(23-29)69(59,60)61)1-2-26-4-6-30(24-34(26)70(62,63)64)44-38-46-36(48-40(50-38)52-17-21-66-22-18-52)42-28-9-13-32(14-10-28)68(56,57)58;/h1-14,23-24H,15-22H2,(H,53,54,55)(H,56,57,58)(H,59,60,61)(H,62,63,64)(H2,41,43,45,47,49)(H2,42,44,46,48,50);/b2-1+;. The van der Waals surface area contributed by atoms with Gasteiger partial charge in [0.2, 0.25) is 35.7 Å². The average Bonchev–Trinajstić information content (AvgIpc) is 3.31. The number of nitrogens with zero attached hydrogens (tertiary/aromatic N) is 8. The van der Waals surface area contributed by atoms with E-state index in [0.717, 1.165) is 12.1 Å². The second-order valence-electron chi connectivity index (χ2n) is 15.1. The molecule has 0 bridgehead atoms. The molecular formula is C40H40N12NaO14S4. The molecule has 8 N–H and O–H groups in total. The Morgan fingerprint density at radius 2 is 0.718 bits per heavy atom. The van der Waals surface area contributed by atoms with E-state index in [1.807, 2.05) is 9.80 Å². The molecule has 2 fully saturated rings. The van der Waals surface area contributed by atoms with Crippen LogP contribution in [0.5, 0.6) is 0 Å². The zero-order valence-corrected chi connectivity index (χ0v) is 42.2. The van der Waals surface area contributed by atoms with E-state index in [4.69, 9.17) is 9.47 Å². The Morgan fingerprint density at radius 3 is 1.01 bits per heavy atom. The van der Waals surface area contributed by atoms with Crippen molar-refractivity contribution in [2.45, 2.75) is 19.6 Å². The van der Waals surface area contributed by atoms with Crippen LogP contribution in [0.4, 0.5) is 58.4 Å². The molecule has 0 atom stereocenters. The van der Waals surface area contributed by atoms with Gasteiger partial charge in [-0.15, -0.1) is 0 Å². The van der Waals surface area contributed by atoms with Crippen LogP contribution in [0.3, 0.4) is 0 Å². The van der Waals surface area contributed by atoms with Crippen molar-refractivity contribution >= 4 is 141 Å². The number of ether oxygens (including phenoxy) is 2. The van der Waals surface area contributed by atoms with E-state index in [1.54, 1.807) is 0 Å². The van der Waals surface area contributed by atoms with Crippen LogP contribution in [-0.4, -0.2) is 164 Å². The van der Waals surface area contributed by atoms with Gasteiger partial charge in [-0.1, -0.05) is 24.3 Å². The fraction of sp³-hybridized carbons (Fsp3) is 0.200. The fourth-order valence-electron chi connectivity index (χ4n) is 6.83. The van der Waals surface area contributed by atoms with Crippen molar-refractivity contribution in [2.75, 3.05) is 83.7 Å². The Bertz CT molecular complexity index is 3200. The van der Waals surface area contributed by atoms with Gasteiger partial charge < -0.3 is 40.5 Å². The first-order valence-electron chi connectivity index (χ1n) is 20.5. The van der Waals surface area contributed by atoms with Gasteiger partial charge in [0, 0.05) is 78.5 Å². The van der Waals surface area contributed by atoms with Crippen molar-refractivity contribution in [3.05, 3.63) is 96.1 Å². The molecule has 0 spiro atoms. The van der Waals surface area contributed by atoms with Crippen LogP contribution in [0, 0.1) is 0 Å². The summed E-state index contributed by atoms with van der Waals surface area (Å²) in [6, 6.07) is 17.8. The van der Waals surface area contributed by atoms with E-state index in [1.165, 1.54) is 84.9 Å². The Balaban J connectivity index is 0.00000741. The zero-order chi connectivity index (χ0) is 49.8. The van der Waals surface area contributed by atoms with Crippen LogP contribution >= 0.6 is 0 Å². The first kappa shape index (κ1) is 52.8. The zero-order valence-electron chi connectivity index (χ0n) is 37.0. The summed E-state index contributed by atoms with van der Waals surface area (Å²) in [4.78, 5) is 28.4. The third-order valence-corrected chi connectivity index (χ3v) is 13.7. The molecule has 71 heavy (non-hydrogen) atoms. The third-order valence-electron chi connectivity index (χ3n) is 10.2. The number of hydrogen-bond donors (Lipinski definition) is 8. The van der Waals surface area contributed by atoms with Crippen LogP contribution in [0.25, 0.3) is 12.2 Å². The van der Waals surface area contributed by atoms with Crippen LogP contribution in [0.2, 0.25) is 0 Å². The Labute approximate surface area is 428 Å². The molecular weight excluding hydrogens is 1020 g/mol. The molecule has 369 valence electrons. The van der Waals surface area contributed by atoms with Gasteiger partial charge in [0.1, 0.15) is 9.79 Å². The van der Waals surface area contributed by atoms with Crippen molar-refractivity contribution in [3.63, 3.8) is 0 Å². The van der Waals surface area contributed by atoms with Gasteiger partial charge in [0.05, 0.1) is 36.2 Å². The summed E-state index contributed by atoms with van der Waals surface area (Å²) >= 11 is 0. The molecule has 2 saturated heterocycles. The van der Waals surface area contributed by atoms with E-state index >= 15 is 0 Å². The largest absolute Gasteiger partial charge is 0.378 e. The predicted molar refractivity (Wildman–Crippen MR) is 259 cm³/mol. The quantitative estimate of drug-likeness (QED) is 0.0391. The van der Waals surface area contributed by atoms with Gasteiger partial charge in [-0.2, -0.15) is 63.6 Å². The van der Waals surface area contributed by atoms with Gasteiger partial charge in [0.25, 0.3) is 40.5 Å². The smallest absolute Gasteiger partial charge is 0.295 e. The number of anilines is 10. The maximum atomic E-state index is 12.8. The minimum absolute atomic E-state index is 0. The number of morpholine rings is 2. The van der Waals surface area contributed by atoms with Crippen molar-refractivity contribution in [1.29, 1.82) is 0 Å². The normalized spacial score (nSPS) is 14.7. The molecule has 2 aromatic heterocycles. The van der Waals surface area contributed by atoms with Crippen LogP contribution < -0.4 is 31.1 Å². The number of nitrogens with one attached hydrogen (secondary N) is 4. The Morgan fingerprint density at radius 1 is 0.423 bits per heavy atom. The molecule has 0 amide bonds. The van der Waals surface area contributed by atoms with Crippen molar-refractivity contribution in [3.8, 4) is 0 Å². The SMILES string of the molecule is O=S(=O)(O)c1ccc(Nc2nc(Nc3ccc(/C=C/c4ccc(Nc5nc(Nc6ccc(S(=O)(=O)O)cc6)nc(N6CCOCC6)n5)cc4S(=O)(=O)O)c(S(=O)(=O)O)c3)nc(N3CCOCC3)n2)cc1.[Na]. The Kier molecular flexibility index (Phi) is 16.2. The van der Waals surface area contributed by atoms with Gasteiger partial charge in [-0.05, 0) is 83.9 Å². The summed E-state index contributed by atoms with van der Waals surface area (Å²) in [5.74, 6) is 0.280. The van der Waals surface area contributed by atoms with E-state index in [0.29, 0.717) is 64.0 Å². The molecule has 4 heterocycles. The molecule has 1 radical (unpaired) electrons. The third kappa shape index (κ3) is 13.9. The van der Waals surface area contributed by atoms with Gasteiger partial charge in [-0.3, -0.25) is 18.2 Å². The van der Waals surface area contributed by atoms with E-state index in [2.05, 4.69) is 51.2 Å². The van der Waals surface area contributed by atoms with E-state index < -0.39 is 50.3 Å². The summed E-state index contributed by atoms with van der Waals surface area (Å²) < 4.78 is 148. The summed E-state index contributed by atoms with van der Waals surface area (Å²) in [5, 5.41) is 11.7. The monoisotopic (exact) mass is 1060 g/mol. The maximum Gasteiger partial charge on any atom is 0.295 e. The van der Waals surface area contributed by atoms with Crippen molar-refractivity contribution in [1.82, 2.24) is 29.9 Å². The minimum Gasteiger partial charge on any atom is -0.378 e. The number of hydrogen-bond acceptors (Lipinski definition) is 22. The fourth-order valence-corrected chi connectivity index (χ4v) is 9.21. The number of benzene rings is 4. The second-order valence-corrected chi connectivity index (χ2v) is 20.7. The van der Waals surface area contributed by atoms with Gasteiger partial charge >= 0.3 is 0 Å². The Hall–Kier alpha value is -6.00. The van der Waals surface area contributed by atoms with Crippen molar-refractivity contribution in [2.24, 2.45) is 0 Å². The van der Waals surface area contributed by atoms with Crippen LogP contribution in [-0.2, 0) is 49.9 Å². The number of aromatic nitrogens is 6. The van der Waals surface area contributed by atoms with Gasteiger partial charge in [-0.25, -0.2) is 0 Å². The average molecular weight is 1060 g/mol. The summed E-state index contributed by atoms with van der Waals surface area (Å²) in [7, 11) is -18.8. The van der Waals surface area contributed by atoms with E-state index in [-0.39, 0.29) is 97.5 Å². The molecule has 0 saturated carbocycles. The van der Waals surface area contributed by atoms with Crippen LogP contribution in [0.1, 0.15) is 11.1 Å². The molecule has 31 heteroatoms. The summed E-state index contributed by atoms with van der Waals surface area (Å²) in [6.45, 7) is 3.24. The second kappa shape index (κ2) is 21.8.